The molecule has 1 aliphatic rings. The number of rotatable bonds is 5. The Morgan fingerprint density at radius 3 is 2.69 bits per heavy atom. The Kier molecular flexibility index (Phi) is 4.99. The molecular weight excluding hydrogens is 370 g/mol. The summed E-state index contributed by atoms with van der Waals surface area (Å²) in [6.45, 7) is 2.15. The molecule has 1 N–H and O–H groups in total. The summed E-state index contributed by atoms with van der Waals surface area (Å²) in [6, 6.07) is 14.4. The number of pyridine rings is 1. The highest BCUT2D eigenvalue weighted by atomic mass is 16.5. The van der Waals surface area contributed by atoms with Gasteiger partial charge in [-0.3, -0.25) is 14.5 Å². The zero-order chi connectivity index (χ0) is 20.4. The summed E-state index contributed by atoms with van der Waals surface area (Å²) in [6.07, 6.45) is 1.82. The topological polar surface area (TPSA) is 89.4 Å². The molecule has 3 aromatic rings. The number of carbonyl (C=O) groups is 2. The highest BCUT2D eigenvalue weighted by molar-refractivity contribution is 6.03. The lowest BCUT2D eigenvalue weighted by atomic mass is 10.1. The zero-order valence-corrected chi connectivity index (χ0v) is 16.2. The van der Waals surface area contributed by atoms with Gasteiger partial charge in [0.05, 0.1) is 18.7 Å². The van der Waals surface area contributed by atoms with Gasteiger partial charge in [0.25, 0.3) is 0 Å². The van der Waals surface area contributed by atoms with Gasteiger partial charge in [-0.2, -0.15) is 9.78 Å². The van der Waals surface area contributed by atoms with Crippen molar-refractivity contribution in [3.05, 3.63) is 60.4 Å². The van der Waals surface area contributed by atoms with Gasteiger partial charge < -0.3 is 10.1 Å². The quantitative estimate of drug-likeness (QED) is 0.722. The van der Waals surface area contributed by atoms with Crippen molar-refractivity contribution in [1.29, 1.82) is 0 Å². The van der Waals surface area contributed by atoms with Crippen molar-refractivity contribution in [2.75, 3.05) is 23.9 Å². The van der Waals surface area contributed by atoms with E-state index in [1.165, 1.54) is 0 Å². The molecule has 1 aromatic carbocycles. The average Bonchev–Trinajstić information content (AvgIpc) is 3.31. The van der Waals surface area contributed by atoms with E-state index >= 15 is 0 Å². The largest absolute Gasteiger partial charge is 0.497 e. The van der Waals surface area contributed by atoms with E-state index in [-0.39, 0.29) is 18.2 Å². The summed E-state index contributed by atoms with van der Waals surface area (Å²) >= 11 is 0. The standard InChI is InChI=1S/C21H21N5O3/c1-14-11-19(26(24-14)18-5-3-4-10-22-18)25-13-15(12-20(25)27)21(28)23-16-6-8-17(29-2)9-7-16/h3-11,15H,12-13H2,1-2H3,(H,23,28). The number of aryl methyl sites for hydroxylation is 1. The second-order valence-corrected chi connectivity index (χ2v) is 6.87. The second kappa shape index (κ2) is 7.75. The van der Waals surface area contributed by atoms with Gasteiger partial charge in [0.15, 0.2) is 5.82 Å². The van der Waals surface area contributed by atoms with Crippen LogP contribution in [0.5, 0.6) is 5.75 Å². The number of benzene rings is 1. The summed E-state index contributed by atoms with van der Waals surface area (Å²) in [5, 5.41) is 7.33. The molecule has 1 atom stereocenters. The Balaban J connectivity index is 1.52. The molecule has 8 nitrogen and oxygen atoms in total. The van der Waals surface area contributed by atoms with E-state index in [2.05, 4.69) is 15.4 Å². The molecule has 1 saturated heterocycles. The van der Waals surface area contributed by atoms with Crippen LogP contribution in [0.1, 0.15) is 12.1 Å². The fourth-order valence-corrected chi connectivity index (χ4v) is 3.35. The molecule has 148 valence electrons. The Labute approximate surface area is 168 Å². The number of hydrogen-bond acceptors (Lipinski definition) is 5. The summed E-state index contributed by atoms with van der Waals surface area (Å²) in [4.78, 5) is 31.3. The van der Waals surface area contributed by atoms with Gasteiger partial charge >= 0.3 is 0 Å². The van der Waals surface area contributed by atoms with E-state index in [0.717, 1.165) is 5.69 Å². The second-order valence-electron chi connectivity index (χ2n) is 6.87. The van der Waals surface area contributed by atoms with E-state index in [9.17, 15) is 9.59 Å². The number of anilines is 2. The molecule has 2 amide bonds. The first-order valence-corrected chi connectivity index (χ1v) is 9.28. The summed E-state index contributed by atoms with van der Waals surface area (Å²) in [5.41, 5.74) is 1.43. The van der Waals surface area contributed by atoms with Crippen molar-refractivity contribution in [2.45, 2.75) is 13.3 Å². The molecule has 3 heterocycles. The Morgan fingerprint density at radius 2 is 2.00 bits per heavy atom. The van der Waals surface area contributed by atoms with Crippen molar-refractivity contribution in [3.8, 4) is 11.6 Å². The lowest BCUT2D eigenvalue weighted by Crippen LogP contribution is -2.29. The molecule has 1 aliphatic heterocycles. The maximum atomic E-state index is 12.7. The highest BCUT2D eigenvalue weighted by Gasteiger charge is 2.37. The third-order valence-electron chi connectivity index (χ3n) is 4.81. The first-order valence-electron chi connectivity index (χ1n) is 9.28. The van der Waals surface area contributed by atoms with E-state index in [0.29, 0.717) is 29.6 Å². The molecular formula is C21H21N5O3. The van der Waals surface area contributed by atoms with Gasteiger partial charge in [0, 0.05) is 30.9 Å². The highest BCUT2D eigenvalue weighted by Crippen LogP contribution is 2.28. The molecule has 1 fully saturated rings. The molecule has 1 unspecified atom stereocenters. The van der Waals surface area contributed by atoms with Crippen molar-refractivity contribution in [2.24, 2.45) is 5.92 Å². The number of hydrogen-bond donors (Lipinski definition) is 1. The first-order chi connectivity index (χ1) is 14.0. The lowest BCUT2D eigenvalue weighted by molar-refractivity contribution is -0.122. The van der Waals surface area contributed by atoms with E-state index in [4.69, 9.17) is 4.74 Å². The fraction of sp³-hybridized carbons (Fsp3) is 0.238. The number of carbonyl (C=O) groups excluding carboxylic acids is 2. The number of nitrogens with zero attached hydrogens (tertiary/aromatic N) is 4. The maximum absolute atomic E-state index is 12.7. The third-order valence-corrected chi connectivity index (χ3v) is 4.81. The molecule has 8 heteroatoms. The number of ether oxygens (including phenoxy) is 1. The van der Waals surface area contributed by atoms with Crippen LogP contribution in [0.2, 0.25) is 0 Å². The van der Waals surface area contributed by atoms with Crippen LogP contribution >= 0.6 is 0 Å². The Morgan fingerprint density at radius 1 is 1.21 bits per heavy atom. The van der Waals surface area contributed by atoms with Crippen molar-refractivity contribution in [1.82, 2.24) is 14.8 Å². The minimum atomic E-state index is -0.447. The van der Waals surface area contributed by atoms with Crippen LogP contribution in [-0.2, 0) is 9.59 Å². The predicted molar refractivity (Wildman–Crippen MR) is 108 cm³/mol. The smallest absolute Gasteiger partial charge is 0.229 e. The van der Waals surface area contributed by atoms with Crippen LogP contribution in [-0.4, -0.2) is 40.2 Å². The fourth-order valence-electron chi connectivity index (χ4n) is 3.35. The van der Waals surface area contributed by atoms with Crippen LogP contribution in [0.3, 0.4) is 0 Å². The SMILES string of the molecule is COc1ccc(NC(=O)C2CC(=O)N(c3cc(C)nn3-c3ccccn3)C2)cc1. The van der Waals surface area contributed by atoms with Gasteiger partial charge in [-0.25, -0.2) is 4.98 Å². The van der Waals surface area contributed by atoms with Gasteiger partial charge in [0.2, 0.25) is 11.8 Å². The van der Waals surface area contributed by atoms with Gasteiger partial charge in [-0.1, -0.05) is 6.07 Å². The molecule has 0 saturated carbocycles. The Hall–Kier alpha value is -3.68. The molecule has 2 aromatic heterocycles. The summed E-state index contributed by atoms with van der Waals surface area (Å²) in [5.74, 6) is 1.20. The van der Waals surface area contributed by atoms with Gasteiger partial charge in [0.1, 0.15) is 11.6 Å². The van der Waals surface area contributed by atoms with Crippen molar-refractivity contribution in [3.63, 3.8) is 0 Å². The number of methoxy groups -OCH3 is 1. The van der Waals surface area contributed by atoms with E-state index in [1.54, 1.807) is 47.2 Å². The molecule has 0 radical (unpaired) electrons. The predicted octanol–water partition coefficient (Wildman–Crippen LogP) is 2.58. The maximum Gasteiger partial charge on any atom is 0.229 e. The number of amides is 2. The first kappa shape index (κ1) is 18.7. The molecule has 0 bridgehead atoms. The van der Waals surface area contributed by atoms with Crippen LogP contribution in [0.25, 0.3) is 5.82 Å². The average molecular weight is 391 g/mol. The van der Waals surface area contributed by atoms with E-state index in [1.807, 2.05) is 31.2 Å². The third kappa shape index (κ3) is 3.82. The minimum absolute atomic E-state index is 0.114. The van der Waals surface area contributed by atoms with Crippen LogP contribution < -0.4 is 15.0 Å². The van der Waals surface area contributed by atoms with Crippen molar-refractivity contribution < 1.29 is 14.3 Å². The van der Waals surface area contributed by atoms with E-state index < -0.39 is 5.92 Å². The van der Waals surface area contributed by atoms with Crippen LogP contribution in [0, 0.1) is 12.8 Å². The number of aromatic nitrogens is 3. The normalized spacial score (nSPS) is 16.1. The summed E-state index contributed by atoms with van der Waals surface area (Å²) in [7, 11) is 1.59. The van der Waals surface area contributed by atoms with Gasteiger partial charge in [-0.05, 0) is 43.3 Å². The number of nitrogens with one attached hydrogen (secondary N) is 1. The molecule has 29 heavy (non-hydrogen) atoms. The molecule has 0 aliphatic carbocycles. The summed E-state index contributed by atoms with van der Waals surface area (Å²) < 4.78 is 6.76. The van der Waals surface area contributed by atoms with Crippen LogP contribution in [0.15, 0.2) is 54.7 Å². The zero-order valence-electron chi connectivity index (χ0n) is 16.2. The molecule has 4 rings (SSSR count). The minimum Gasteiger partial charge on any atom is -0.497 e. The lowest BCUT2D eigenvalue weighted by Gasteiger charge is -2.17. The van der Waals surface area contributed by atoms with Crippen LogP contribution in [0.4, 0.5) is 11.5 Å². The molecule has 0 spiro atoms. The Bertz CT molecular complexity index is 1030. The van der Waals surface area contributed by atoms with Gasteiger partial charge in [-0.15, -0.1) is 0 Å². The monoisotopic (exact) mass is 391 g/mol. The van der Waals surface area contributed by atoms with Crippen molar-refractivity contribution >= 4 is 23.3 Å².